The zero-order chi connectivity index (χ0) is 16.9. The lowest BCUT2D eigenvalue weighted by Gasteiger charge is -2.36. The third kappa shape index (κ3) is 4.07. The number of hydrogen-bond acceptors (Lipinski definition) is 5. The molecular weight excluding hydrogens is 296 g/mol. The highest BCUT2D eigenvalue weighted by Gasteiger charge is 2.40. The van der Waals surface area contributed by atoms with Crippen LogP contribution < -0.4 is 0 Å². The number of allylic oxidation sites excluding steroid dienone is 1. The van der Waals surface area contributed by atoms with Gasteiger partial charge < -0.3 is 19.3 Å². The van der Waals surface area contributed by atoms with Crippen LogP contribution in [-0.2, 0) is 14.2 Å². The number of carbonyl (C=O) groups excluding carboxylic acids is 1. The molecule has 1 aromatic rings. The summed E-state index contributed by atoms with van der Waals surface area (Å²) in [6, 6.07) is 9.02. The molecule has 23 heavy (non-hydrogen) atoms. The highest BCUT2D eigenvalue weighted by atomic mass is 16.6. The van der Waals surface area contributed by atoms with Crippen LogP contribution >= 0.6 is 0 Å². The molecule has 0 amide bonds. The second-order valence-electron chi connectivity index (χ2n) is 5.39. The largest absolute Gasteiger partial charge is 0.501 e. The maximum absolute atomic E-state index is 12.2. The van der Waals surface area contributed by atoms with E-state index in [1.54, 1.807) is 25.3 Å². The van der Waals surface area contributed by atoms with Crippen LogP contribution in [-0.4, -0.2) is 44.1 Å². The van der Waals surface area contributed by atoms with E-state index in [0.29, 0.717) is 11.3 Å². The minimum Gasteiger partial charge on any atom is -0.501 e. The maximum Gasteiger partial charge on any atom is 0.190 e. The van der Waals surface area contributed by atoms with Crippen molar-refractivity contribution in [3.05, 3.63) is 59.9 Å². The van der Waals surface area contributed by atoms with E-state index in [4.69, 9.17) is 14.2 Å². The molecule has 0 aromatic heterocycles. The van der Waals surface area contributed by atoms with E-state index in [0.717, 1.165) is 0 Å². The standard InChI is InChI=1S/C18H22O5/c1-21-16-11-18(20,23-3)12-17(22-2)14(16)9-10-15(19)13-7-5-4-6-8-13/h4-11,14,17,20H,12H2,1-3H3. The summed E-state index contributed by atoms with van der Waals surface area (Å²) in [5, 5.41) is 10.3. The van der Waals surface area contributed by atoms with Crippen molar-refractivity contribution in [2.45, 2.75) is 18.3 Å². The maximum atomic E-state index is 12.2. The van der Waals surface area contributed by atoms with Gasteiger partial charge in [0.15, 0.2) is 11.6 Å². The van der Waals surface area contributed by atoms with Crippen LogP contribution in [0.25, 0.3) is 0 Å². The fraction of sp³-hybridized carbons (Fsp3) is 0.389. The van der Waals surface area contributed by atoms with E-state index < -0.39 is 5.79 Å². The first-order valence-electron chi connectivity index (χ1n) is 7.37. The molecule has 0 radical (unpaired) electrons. The first kappa shape index (κ1) is 17.4. The van der Waals surface area contributed by atoms with Crippen LogP contribution in [0.4, 0.5) is 0 Å². The molecule has 3 atom stereocenters. The van der Waals surface area contributed by atoms with Crippen LogP contribution in [0.1, 0.15) is 16.8 Å². The third-order valence-electron chi connectivity index (χ3n) is 4.00. The number of ether oxygens (including phenoxy) is 3. The van der Waals surface area contributed by atoms with Gasteiger partial charge in [-0.15, -0.1) is 0 Å². The SMILES string of the molecule is COC1=CC(O)(OC)CC(OC)C1C=CC(=O)c1ccccc1. The Morgan fingerprint density at radius 2 is 1.96 bits per heavy atom. The Bertz CT molecular complexity index is 593. The number of aliphatic hydroxyl groups is 1. The summed E-state index contributed by atoms with van der Waals surface area (Å²) >= 11 is 0. The van der Waals surface area contributed by atoms with Gasteiger partial charge in [-0.2, -0.15) is 0 Å². The number of methoxy groups -OCH3 is 3. The smallest absolute Gasteiger partial charge is 0.190 e. The highest BCUT2D eigenvalue weighted by molar-refractivity contribution is 6.04. The van der Waals surface area contributed by atoms with Gasteiger partial charge in [-0.25, -0.2) is 0 Å². The molecule has 0 saturated carbocycles. The van der Waals surface area contributed by atoms with E-state index in [9.17, 15) is 9.90 Å². The molecule has 0 saturated heterocycles. The minimum absolute atomic E-state index is 0.0940. The summed E-state index contributed by atoms with van der Waals surface area (Å²) in [5.74, 6) is -1.29. The average Bonchev–Trinajstić information content (AvgIpc) is 2.60. The molecule has 0 heterocycles. The van der Waals surface area contributed by atoms with Crippen molar-refractivity contribution < 1.29 is 24.1 Å². The number of ketones is 1. The second kappa shape index (κ2) is 7.55. The second-order valence-corrected chi connectivity index (χ2v) is 5.39. The lowest BCUT2D eigenvalue weighted by Crippen LogP contribution is -2.42. The van der Waals surface area contributed by atoms with Gasteiger partial charge in [0, 0.05) is 32.3 Å². The van der Waals surface area contributed by atoms with E-state index in [1.165, 1.54) is 26.4 Å². The van der Waals surface area contributed by atoms with Gasteiger partial charge >= 0.3 is 0 Å². The molecule has 3 unspecified atom stereocenters. The monoisotopic (exact) mass is 318 g/mol. The van der Waals surface area contributed by atoms with Crippen molar-refractivity contribution in [3.63, 3.8) is 0 Å². The predicted octanol–water partition coefficient (Wildman–Crippen LogP) is 2.33. The molecule has 0 spiro atoms. The molecule has 0 aliphatic heterocycles. The quantitative estimate of drug-likeness (QED) is 0.495. The number of hydrogen-bond donors (Lipinski definition) is 1. The van der Waals surface area contributed by atoms with Crippen LogP contribution in [0.5, 0.6) is 0 Å². The lowest BCUT2D eigenvalue weighted by molar-refractivity contribution is -0.181. The Balaban J connectivity index is 2.24. The van der Waals surface area contributed by atoms with Gasteiger partial charge in [0.25, 0.3) is 0 Å². The normalized spacial score (nSPS) is 27.7. The van der Waals surface area contributed by atoms with Gasteiger partial charge in [-0.1, -0.05) is 36.4 Å². The lowest BCUT2D eigenvalue weighted by atomic mass is 9.86. The topological polar surface area (TPSA) is 65.0 Å². The van der Waals surface area contributed by atoms with E-state index in [1.807, 2.05) is 18.2 Å². The van der Waals surface area contributed by atoms with Gasteiger partial charge in [-0.3, -0.25) is 4.79 Å². The summed E-state index contributed by atoms with van der Waals surface area (Å²) in [6.45, 7) is 0. The predicted molar refractivity (Wildman–Crippen MR) is 85.9 cm³/mol. The van der Waals surface area contributed by atoms with Gasteiger partial charge in [0.2, 0.25) is 0 Å². The van der Waals surface area contributed by atoms with Crippen LogP contribution in [0, 0.1) is 5.92 Å². The minimum atomic E-state index is -1.43. The fourth-order valence-electron chi connectivity index (χ4n) is 2.65. The number of benzene rings is 1. The van der Waals surface area contributed by atoms with Crippen LogP contribution in [0.15, 0.2) is 54.3 Å². The molecule has 0 bridgehead atoms. The number of carbonyl (C=O) groups is 1. The third-order valence-corrected chi connectivity index (χ3v) is 4.00. The van der Waals surface area contributed by atoms with E-state index in [-0.39, 0.29) is 24.2 Å². The first-order valence-corrected chi connectivity index (χ1v) is 7.37. The zero-order valence-electron chi connectivity index (χ0n) is 13.6. The van der Waals surface area contributed by atoms with Crippen molar-refractivity contribution in [1.82, 2.24) is 0 Å². The van der Waals surface area contributed by atoms with Crippen LogP contribution in [0.2, 0.25) is 0 Å². The Kier molecular flexibility index (Phi) is 5.71. The van der Waals surface area contributed by atoms with E-state index >= 15 is 0 Å². The molecule has 5 heteroatoms. The molecule has 0 fully saturated rings. The Hall–Kier alpha value is -1.95. The van der Waals surface area contributed by atoms with Gasteiger partial charge in [0.05, 0.1) is 19.1 Å². The summed E-state index contributed by atoms with van der Waals surface area (Å²) in [6.07, 6.45) is 4.66. The van der Waals surface area contributed by atoms with E-state index in [2.05, 4.69) is 0 Å². The zero-order valence-corrected chi connectivity index (χ0v) is 13.6. The van der Waals surface area contributed by atoms with Crippen molar-refractivity contribution in [2.24, 2.45) is 5.92 Å². The molecule has 1 aliphatic carbocycles. The Morgan fingerprint density at radius 3 is 2.52 bits per heavy atom. The van der Waals surface area contributed by atoms with Crippen molar-refractivity contribution in [1.29, 1.82) is 0 Å². The highest BCUT2D eigenvalue weighted by Crippen LogP contribution is 2.34. The first-order chi connectivity index (χ1) is 11.0. The average molecular weight is 318 g/mol. The van der Waals surface area contributed by atoms with Gasteiger partial charge in [-0.05, 0) is 6.08 Å². The summed E-state index contributed by atoms with van der Waals surface area (Å²) < 4.78 is 15.9. The van der Waals surface area contributed by atoms with Crippen LogP contribution in [0.3, 0.4) is 0 Å². The Labute approximate surface area is 136 Å². The molecule has 5 nitrogen and oxygen atoms in total. The van der Waals surface area contributed by atoms with Gasteiger partial charge in [0.1, 0.15) is 5.76 Å². The van der Waals surface area contributed by atoms with Crippen molar-refractivity contribution in [3.8, 4) is 0 Å². The molecule has 124 valence electrons. The summed E-state index contributed by atoms with van der Waals surface area (Å²) in [7, 11) is 4.49. The molecule has 1 aromatic carbocycles. The Morgan fingerprint density at radius 1 is 1.26 bits per heavy atom. The number of rotatable bonds is 6. The fourth-order valence-corrected chi connectivity index (χ4v) is 2.65. The summed E-state index contributed by atoms with van der Waals surface area (Å²) in [4.78, 5) is 12.2. The summed E-state index contributed by atoms with van der Waals surface area (Å²) in [5.41, 5.74) is 0.616. The molecule has 1 N–H and O–H groups in total. The molecule has 1 aliphatic rings. The molecular formula is C18H22O5. The molecule has 2 rings (SSSR count). The van der Waals surface area contributed by atoms with Crippen molar-refractivity contribution in [2.75, 3.05) is 21.3 Å². The van der Waals surface area contributed by atoms with Crippen molar-refractivity contribution >= 4 is 5.78 Å².